The number of amides is 1. The normalized spacial score (nSPS) is 26.8. The van der Waals surface area contributed by atoms with Crippen LogP contribution in [0.15, 0.2) is 0 Å². The Bertz CT molecular complexity index is 371. The number of alkyl carbamates (subject to hydrolysis) is 1. The lowest BCUT2D eigenvalue weighted by molar-refractivity contribution is -0.142. The fraction of sp³-hybridized carbons (Fsp3) is 0.867. The van der Waals surface area contributed by atoms with Gasteiger partial charge in [0, 0.05) is 31.6 Å². The van der Waals surface area contributed by atoms with E-state index in [1.807, 2.05) is 0 Å². The number of piperidine rings is 1. The van der Waals surface area contributed by atoms with Crippen molar-refractivity contribution in [2.24, 2.45) is 5.92 Å². The fourth-order valence-electron chi connectivity index (χ4n) is 3.20. The lowest BCUT2D eigenvalue weighted by atomic mass is 9.85. The third-order valence-electron chi connectivity index (χ3n) is 4.44. The average Bonchev–Trinajstić information content (AvgIpc) is 2.36. The first-order valence-corrected chi connectivity index (χ1v) is 7.86. The Kier molecular flexibility index (Phi) is 5.85. The molecule has 0 aromatic carbocycles. The monoisotopic (exact) mass is 298 g/mol. The van der Waals surface area contributed by atoms with Crippen LogP contribution in [0, 0.1) is 5.92 Å². The standard InChI is InChI=1S/C15H26N2O4/c1-3-21-15(19)16-12-7-11(8-14(18)20-2)9-17(10-12)13-5-4-6-13/h11-13H,3-10H2,1-2H3,(H,16,19). The number of carbonyl (C=O) groups excluding carboxylic acids is 2. The largest absolute Gasteiger partial charge is 0.469 e. The maximum Gasteiger partial charge on any atom is 0.407 e. The lowest BCUT2D eigenvalue weighted by Crippen LogP contribution is -2.55. The molecule has 1 aliphatic carbocycles. The first-order valence-electron chi connectivity index (χ1n) is 7.86. The molecule has 0 radical (unpaired) electrons. The second-order valence-corrected chi connectivity index (χ2v) is 5.98. The minimum atomic E-state index is -0.366. The number of nitrogens with one attached hydrogen (secondary N) is 1. The molecule has 2 rings (SSSR count). The van der Waals surface area contributed by atoms with Gasteiger partial charge in [-0.05, 0) is 32.1 Å². The van der Waals surface area contributed by atoms with Gasteiger partial charge < -0.3 is 14.8 Å². The second kappa shape index (κ2) is 7.64. The molecule has 1 saturated heterocycles. The van der Waals surface area contributed by atoms with Gasteiger partial charge in [0.15, 0.2) is 0 Å². The van der Waals surface area contributed by atoms with Crippen molar-refractivity contribution < 1.29 is 19.1 Å². The van der Waals surface area contributed by atoms with E-state index < -0.39 is 0 Å². The van der Waals surface area contributed by atoms with Crippen LogP contribution in [0.2, 0.25) is 0 Å². The molecule has 0 spiro atoms. The van der Waals surface area contributed by atoms with Gasteiger partial charge in [0.25, 0.3) is 0 Å². The highest BCUT2D eigenvalue weighted by Gasteiger charge is 2.35. The molecule has 1 amide bonds. The minimum absolute atomic E-state index is 0.0491. The van der Waals surface area contributed by atoms with Crippen molar-refractivity contribution >= 4 is 12.1 Å². The predicted molar refractivity (Wildman–Crippen MR) is 77.9 cm³/mol. The number of rotatable bonds is 5. The summed E-state index contributed by atoms with van der Waals surface area (Å²) in [6.45, 7) is 3.93. The lowest BCUT2D eigenvalue weighted by Gasteiger charge is -2.45. The number of ether oxygens (including phenoxy) is 2. The number of methoxy groups -OCH3 is 1. The molecule has 2 fully saturated rings. The van der Waals surface area contributed by atoms with E-state index >= 15 is 0 Å². The van der Waals surface area contributed by atoms with Gasteiger partial charge in [-0.2, -0.15) is 0 Å². The van der Waals surface area contributed by atoms with Crippen LogP contribution < -0.4 is 5.32 Å². The highest BCUT2D eigenvalue weighted by atomic mass is 16.5. The summed E-state index contributed by atoms with van der Waals surface area (Å²) in [7, 11) is 1.42. The molecule has 0 aromatic heterocycles. The molecule has 1 N–H and O–H groups in total. The van der Waals surface area contributed by atoms with Crippen LogP contribution in [-0.4, -0.2) is 55.9 Å². The van der Waals surface area contributed by atoms with Crippen LogP contribution >= 0.6 is 0 Å². The predicted octanol–water partition coefficient (Wildman–Crippen LogP) is 1.54. The van der Waals surface area contributed by atoms with Crippen LogP contribution in [0.25, 0.3) is 0 Å². The molecule has 0 bridgehead atoms. The first kappa shape index (κ1) is 16.1. The molecule has 2 unspecified atom stereocenters. The zero-order valence-electron chi connectivity index (χ0n) is 13.0. The van der Waals surface area contributed by atoms with E-state index in [0.29, 0.717) is 19.1 Å². The zero-order chi connectivity index (χ0) is 15.2. The number of hydrogen-bond acceptors (Lipinski definition) is 5. The molecule has 1 saturated carbocycles. The van der Waals surface area contributed by atoms with Crippen LogP contribution in [0.3, 0.4) is 0 Å². The summed E-state index contributed by atoms with van der Waals surface area (Å²) in [5, 5.41) is 2.92. The van der Waals surface area contributed by atoms with E-state index in [4.69, 9.17) is 9.47 Å². The number of nitrogens with zero attached hydrogens (tertiary/aromatic N) is 1. The van der Waals surface area contributed by atoms with E-state index in [2.05, 4.69) is 10.2 Å². The zero-order valence-corrected chi connectivity index (χ0v) is 13.0. The summed E-state index contributed by atoms with van der Waals surface area (Å²) in [4.78, 5) is 25.5. The highest BCUT2D eigenvalue weighted by Crippen LogP contribution is 2.30. The Morgan fingerprint density at radius 1 is 1.29 bits per heavy atom. The van der Waals surface area contributed by atoms with Gasteiger partial charge in [-0.1, -0.05) is 6.42 Å². The summed E-state index contributed by atoms with van der Waals surface area (Å²) in [5.74, 6) is 0.0593. The Morgan fingerprint density at radius 3 is 2.62 bits per heavy atom. The average molecular weight is 298 g/mol. The number of likely N-dealkylation sites (tertiary alicyclic amines) is 1. The maximum atomic E-state index is 11.6. The molecule has 6 heteroatoms. The second-order valence-electron chi connectivity index (χ2n) is 5.98. The Labute approximate surface area is 126 Å². The Morgan fingerprint density at radius 2 is 2.05 bits per heavy atom. The molecule has 2 aliphatic rings. The van der Waals surface area contributed by atoms with Crippen LogP contribution in [0.1, 0.15) is 39.0 Å². The van der Waals surface area contributed by atoms with Crippen molar-refractivity contribution in [2.45, 2.75) is 51.1 Å². The van der Waals surface area contributed by atoms with Gasteiger partial charge in [0.1, 0.15) is 0 Å². The van der Waals surface area contributed by atoms with E-state index in [-0.39, 0.29) is 24.0 Å². The molecule has 0 aromatic rings. The number of hydrogen-bond donors (Lipinski definition) is 1. The highest BCUT2D eigenvalue weighted by molar-refractivity contribution is 5.69. The van der Waals surface area contributed by atoms with Crippen molar-refractivity contribution in [2.75, 3.05) is 26.8 Å². The molecule has 1 heterocycles. The van der Waals surface area contributed by atoms with E-state index in [1.54, 1.807) is 6.92 Å². The van der Waals surface area contributed by atoms with Crippen molar-refractivity contribution in [3.05, 3.63) is 0 Å². The quantitative estimate of drug-likeness (QED) is 0.780. The van der Waals surface area contributed by atoms with Crippen molar-refractivity contribution in [3.8, 4) is 0 Å². The minimum Gasteiger partial charge on any atom is -0.469 e. The molecule has 2 atom stereocenters. The molecule has 1 aliphatic heterocycles. The summed E-state index contributed by atoms with van der Waals surface area (Å²) in [5.41, 5.74) is 0. The molecule has 21 heavy (non-hydrogen) atoms. The first-order chi connectivity index (χ1) is 10.1. The molecule has 120 valence electrons. The summed E-state index contributed by atoms with van der Waals surface area (Å²) >= 11 is 0. The van der Waals surface area contributed by atoms with Gasteiger partial charge in [-0.3, -0.25) is 9.69 Å². The summed E-state index contributed by atoms with van der Waals surface area (Å²) in [6, 6.07) is 0.657. The van der Waals surface area contributed by atoms with E-state index in [0.717, 1.165) is 19.5 Å². The van der Waals surface area contributed by atoms with Crippen LogP contribution in [-0.2, 0) is 14.3 Å². The number of esters is 1. The van der Waals surface area contributed by atoms with Crippen molar-refractivity contribution in [3.63, 3.8) is 0 Å². The third-order valence-corrected chi connectivity index (χ3v) is 4.44. The SMILES string of the molecule is CCOC(=O)NC1CC(CC(=O)OC)CN(C2CCC2)C1. The topological polar surface area (TPSA) is 67.9 Å². The maximum absolute atomic E-state index is 11.6. The molecule has 6 nitrogen and oxygen atoms in total. The van der Waals surface area contributed by atoms with Gasteiger partial charge >= 0.3 is 12.1 Å². The fourth-order valence-corrected chi connectivity index (χ4v) is 3.20. The van der Waals surface area contributed by atoms with Crippen LogP contribution in [0.5, 0.6) is 0 Å². The van der Waals surface area contributed by atoms with Gasteiger partial charge in [0.05, 0.1) is 13.7 Å². The number of carbonyl (C=O) groups is 2. The summed E-state index contributed by atoms with van der Waals surface area (Å²) < 4.78 is 9.73. The molecular weight excluding hydrogens is 272 g/mol. The third kappa shape index (κ3) is 4.59. The van der Waals surface area contributed by atoms with Gasteiger partial charge in [-0.25, -0.2) is 4.79 Å². The van der Waals surface area contributed by atoms with Crippen molar-refractivity contribution in [1.29, 1.82) is 0 Å². The Hall–Kier alpha value is -1.30. The summed E-state index contributed by atoms with van der Waals surface area (Å²) in [6.07, 6.45) is 4.57. The van der Waals surface area contributed by atoms with E-state index in [1.165, 1.54) is 26.4 Å². The van der Waals surface area contributed by atoms with Crippen molar-refractivity contribution in [1.82, 2.24) is 10.2 Å². The smallest absolute Gasteiger partial charge is 0.407 e. The Balaban J connectivity index is 1.92. The van der Waals surface area contributed by atoms with Gasteiger partial charge in [-0.15, -0.1) is 0 Å². The molecular formula is C15H26N2O4. The van der Waals surface area contributed by atoms with E-state index in [9.17, 15) is 9.59 Å². The van der Waals surface area contributed by atoms with Crippen LogP contribution in [0.4, 0.5) is 4.79 Å². The van der Waals surface area contributed by atoms with Gasteiger partial charge in [0.2, 0.25) is 0 Å².